The Kier molecular flexibility index (Phi) is 5.20. The van der Waals surface area contributed by atoms with Gasteiger partial charge in [-0.1, -0.05) is 6.92 Å². The lowest BCUT2D eigenvalue weighted by Gasteiger charge is -2.08. The molecule has 0 amide bonds. The molecule has 0 aliphatic carbocycles. The van der Waals surface area contributed by atoms with Crippen molar-refractivity contribution in [3.8, 4) is 0 Å². The van der Waals surface area contributed by atoms with Crippen molar-refractivity contribution in [3.63, 3.8) is 0 Å². The zero-order valence-electron chi connectivity index (χ0n) is 7.22. The summed E-state index contributed by atoms with van der Waals surface area (Å²) in [5, 5.41) is -0.113. The summed E-state index contributed by atoms with van der Waals surface area (Å²) in [6.07, 6.45) is 0.383. The Morgan fingerprint density at radius 3 is 2.18 bits per heavy atom. The summed E-state index contributed by atoms with van der Waals surface area (Å²) in [7, 11) is 0. The molecule has 0 aromatic rings. The monoisotopic (exact) mass is 174 g/mol. The molecule has 0 aromatic heterocycles. The van der Waals surface area contributed by atoms with Crippen LogP contribution in [0.4, 0.5) is 0 Å². The van der Waals surface area contributed by atoms with Crippen LogP contribution < -0.4 is 0 Å². The van der Waals surface area contributed by atoms with E-state index < -0.39 is 0 Å². The summed E-state index contributed by atoms with van der Waals surface area (Å²) in [5.41, 5.74) is 0. The van der Waals surface area contributed by atoms with Crippen molar-refractivity contribution in [2.75, 3.05) is 5.75 Å². The molecule has 0 spiro atoms. The van der Waals surface area contributed by atoms with E-state index in [0.717, 1.165) is 5.75 Å². The first-order chi connectivity index (χ1) is 5.07. The molecule has 0 rings (SSSR count). The van der Waals surface area contributed by atoms with Crippen LogP contribution in [0.5, 0.6) is 0 Å². The Labute approximate surface area is 71.7 Å². The fourth-order valence-corrected chi connectivity index (χ4v) is 1.77. The van der Waals surface area contributed by atoms with E-state index >= 15 is 0 Å². The van der Waals surface area contributed by atoms with Gasteiger partial charge in [-0.3, -0.25) is 9.59 Å². The first kappa shape index (κ1) is 10.7. The van der Waals surface area contributed by atoms with Gasteiger partial charge in [-0.15, -0.1) is 0 Å². The summed E-state index contributed by atoms with van der Waals surface area (Å²) < 4.78 is 0. The normalized spacial score (nSPS) is 12.6. The lowest BCUT2D eigenvalue weighted by atomic mass is 10.2. The van der Waals surface area contributed by atoms with Crippen molar-refractivity contribution in [2.24, 2.45) is 0 Å². The second kappa shape index (κ2) is 5.35. The Morgan fingerprint density at radius 1 is 1.36 bits per heavy atom. The van der Waals surface area contributed by atoms with Gasteiger partial charge in [-0.2, -0.15) is 11.8 Å². The molecule has 0 aliphatic rings. The topological polar surface area (TPSA) is 34.1 Å². The largest absolute Gasteiger partial charge is 0.300 e. The summed E-state index contributed by atoms with van der Waals surface area (Å²) in [6.45, 7) is 5.04. The lowest BCUT2D eigenvalue weighted by molar-refractivity contribution is -0.121. The van der Waals surface area contributed by atoms with Crippen LogP contribution in [0.1, 0.15) is 27.2 Å². The van der Waals surface area contributed by atoms with Crippen LogP contribution in [0.25, 0.3) is 0 Å². The fraction of sp³-hybridized carbons (Fsp3) is 0.750. The molecule has 0 fully saturated rings. The number of ketones is 2. The Morgan fingerprint density at radius 2 is 1.91 bits per heavy atom. The van der Waals surface area contributed by atoms with Gasteiger partial charge in [0, 0.05) is 6.42 Å². The van der Waals surface area contributed by atoms with E-state index in [1.165, 1.54) is 13.8 Å². The van der Waals surface area contributed by atoms with Crippen LogP contribution in [0.3, 0.4) is 0 Å². The van der Waals surface area contributed by atoms with Gasteiger partial charge in [0.25, 0.3) is 0 Å². The highest BCUT2D eigenvalue weighted by Gasteiger charge is 2.15. The zero-order valence-corrected chi connectivity index (χ0v) is 8.03. The molecule has 11 heavy (non-hydrogen) atoms. The molecular formula is C8H14O2S. The first-order valence-corrected chi connectivity index (χ1v) is 4.74. The van der Waals surface area contributed by atoms with E-state index in [4.69, 9.17) is 0 Å². The highest BCUT2D eigenvalue weighted by atomic mass is 32.2. The number of thioether (sulfide) groups is 1. The average molecular weight is 174 g/mol. The van der Waals surface area contributed by atoms with Crippen molar-refractivity contribution in [1.29, 1.82) is 0 Å². The molecule has 1 atom stereocenters. The third-order valence-electron chi connectivity index (χ3n) is 1.29. The van der Waals surface area contributed by atoms with Gasteiger partial charge in [0.05, 0.1) is 5.25 Å². The molecule has 0 radical (unpaired) electrons. The molecule has 1 unspecified atom stereocenters. The molecule has 3 heteroatoms. The Bertz CT molecular complexity index is 154. The van der Waals surface area contributed by atoms with Crippen molar-refractivity contribution < 1.29 is 9.59 Å². The average Bonchev–Trinajstić information content (AvgIpc) is 1.86. The Balaban J connectivity index is 3.89. The van der Waals surface area contributed by atoms with Gasteiger partial charge < -0.3 is 0 Å². The van der Waals surface area contributed by atoms with Crippen LogP contribution >= 0.6 is 11.8 Å². The highest BCUT2D eigenvalue weighted by Crippen LogP contribution is 2.15. The van der Waals surface area contributed by atoms with Crippen LogP contribution in [-0.2, 0) is 9.59 Å². The summed E-state index contributed by atoms with van der Waals surface area (Å²) >= 11 is 1.54. The third kappa shape index (κ3) is 5.01. The smallest absolute Gasteiger partial charge is 0.143 e. The second-order valence-electron chi connectivity index (χ2n) is 2.46. The number of carbonyl (C=O) groups excluding carboxylic acids is 2. The SMILES string of the molecule is CCSC(CC(C)=O)C(C)=O. The predicted octanol–water partition coefficient (Wildman–Crippen LogP) is 1.68. The van der Waals surface area contributed by atoms with Crippen LogP contribution in [0, 0.1) is 0 Å². The molecule has 0 aliphatic heterocycles. The predicted molar refractivity (Wildman–Crippen MR) is 47.9 cm³/mol. The Hall–Kier alpha value is -0.310. The van der Waals surface area contributed by atoms with Gasteiger partial charge in [-0.25, -0.2) is 0 Å². The quantitative estimate of drug-likeness (QED) is 0.636. The number of hydrogen-bond acceptors (Lipinski definition) is 3. The minimum Gasteiger partial charge on any atom is -0.300 e. The standard InChI is InChI=1S/C8H14O2S/c1-4-11-8(7(3)10)5-6(2)9/h8H,4-5H2,1-3H3. The molecule has 0 N–H and O–H groups in total. The van der Waals surface area contributed by atoms with Crippen molar-refractivity contribution in [2.45, 2.75) is 32.4 Å². The molecule has 0 saturated heterocycles. The zero-order chi connectivity index (χ0) is 8.85. The number of carbonyl (C=O) groups is 2. The maximum absolute atomic E-state index is 10.9. The van der Waals surface area contributed by atoms with Crippen LogP contribution in [0.2, 0.25) is 0 Å². The fourth-order valence-electron chi connectivity index (χ4n) is 0.782. The summed E-state index contributed by atoms with van der Waals surface area (Å²) in [5.74, 6) is 1.08. The molecule has 0 bridgehead atoms. The van der Waals surface area contributed by atoms with Crippen molar-refractivity contribution in [1.82, 2.24) is 0 Å². The first-order valence-electron chi connectivity index (χ1n) is 3.69. The van der Waals surface area contributed by atoms with Gasteiger partial charge in [0.15, 0.2) is 0 Å². The van der Waals surface area contributed by atoms with E-state index in [1.807, 2.05) is 6.92 Å². The molecule has 0 aromatic carbocycles. The van der Waals surface area contributed by atoms with Gasteiger partial charge >= 0.3 is 0 Å². The highest BCUT2D eigenvalue weighted by molar-refractivity contribution is 8.00. The van der Waals surface area contributed by atoms with E-state index in [2.05, 4.69) is 0 Å². The minimum atomic E-state index is -0.113. The lowest BCUT2D eigenvalue weighted by Crippen LogP contribution is -2.17. The number of Topliss-reactive ketones (excluding diaryl/α,β-unsaturated/α-hetero) is 2. The summed E-state index contributed by atoms with van der Waals surface area (Å²) in [6, 6.07) is 0. The van der Waals surface area contributed by atoms with E-state index in [-0.39, 0.29) is 16.8 Å². The molecule has 0 heterocycles. The second-order valence-corrected chi connectivity index (χ2v) is 3.94. The molecule has 64 valence electrons. The van der Waals surface area contributed by atoms with Crippen LogP contribution in [-0.4, -0.2) is 22.6 Å². The molecule has 0 saturated carbocycles. The maximum Gasteiger partial charge on any atom is 0.143 e. The minimum absolute atomic E-state index is 0.0890. The van der Waals surface area contributed by atoms with E-state index in [1.54, 1.807) is 11.8 Å². The third-order valence-corrected chi connectivity index (χ3v) is 2.53. The number of hydrogen-bond donors (Lipinski definition) is 0. The number of rotatable bonds is 5. The molecule has 2 nitrogen and oxygen atoms in total. The van der Waals surface area contributed by atoms with Crippen molar-refractivity contribution in [3.05, 3.63) is 0 Å². The van der Waals surface area contributed by atoms with E-state index in [9.17, 15) is 9.59 Å². The van der Waals surface area contributed by atoms with Gasteiger partial charge in [-0.05, 0) is 19.6 Å². The van der Waals surface area contributed by atoms with Crippen LogP contribution in [0.15, 0.2) is 0 Å². The van der Waals surface area contributed by atoms with Gasteiger partial charge in [0.1, 0.15) is 11.6 Å². The van der Waals surface area contributed by atoms with Gasteiger partial charge in [0.2, 0.25) is 0 Å². The summed E-state index contributed by atoms with van der Waals surface area (Å²) in [4.78, 5) is 21.6. The van der Waals surface area contributed by atoms with E-state index in [0.29, 0.717) is 6.42 Å². The maximum atomic E-state index is 10.9. The van der Waals surface area contributed by atoms with Crippen molar-refractivity contribution >= 4 is 23.3 Å². The molecular weight excluding hydrogens is 160 g/mol.